The number of para-hydroxylation sites is 1. The van der Waals surface area contributed by atoms with Gasteiger partial charge in [0.05, 0.1) is 12.0 Å². The number of carboxylic acids is 1. The molecule has 0 aliphatic heterocycles. The summed E-state index contributed by atoms with van der Waals surface area (Å²) in [5, 5.41) is 20.4. The van der Waals surface area contributed by atoms with Gasteiger partial charge in [0.2, 0.25) is 0 Å². The van der Waals surface area contributed by atoms with Crippen LogP contribution in [0.1, 0.15) is 44.6 Å². The third-order valence-electron chi connectivity index (χ3n) is 7.12. The first-order chi connectivity index (χ1) is 15.8. The van der Waals surface area contributed by atoms with Crippen molar-refractivity contribution in [3.63, 3.8) is 0 Å². The average molecular weight is 446 g/mol. The highest BCUT2D eigenvalue weighted by Gasteiger charge is 2.78. The zero-order valence-electron chi connectivity index (χ0n) is 18.7. The van der Waals surface area contributed by atoms with E-state index in [4.69, 9.17) is 9.47 Å². The highest BCUT2D eigenvalue weighted by molar-refractivity contribution is 5.86. The second-order valence-electron chi connectivity index (χ2n) is 9.27. The van der Waals surface area contributed by atoms with Gasteiger partial charge in [-0.2, -0.15) is 5.26 Å². The number of carbonyl (C=O) groups is 2. The Morgan fingerprint density at radius 3 is 2.42 bits per heavy atom. The average Bonchev–Trinajstić information content (AvgIpc) is 3.26. The molecule has 0 saturated heterocycles. The normalized spacial score (nSPS) is 24.3. The standard InChI is InChI=1S/C27H27NO5/c1-26(2)23(14-15-24(29)33-20-11-7-12-20)27(26,25(30)31)22(17-28)18-8-6-13-21(16-18)32-19-9-4-3-5-10-19/h3-6,8-10,13-16,20,22-23H,7,11-12H2,1-2H3,(H,30,31)/b15-14-/t22-,23-,27+/m0/s1. The molecule has 6 heteroatoms. The maximum atomic E-state index is 12.6. The first-order valence-electron chi connectivity index (χ1n) is 11.2. The molecule has 0 bridgehead atoms. The highest BCUT2D eigenvalue weighted by Crippen LogP contribution is 2.75. The van der Waals surface area contributed by atoms with Crippen molar-refractivity contribution in [1.29, 1.82) is 5.26 Å². The van der Waals surface area contributed by atoms with Gasteiger partial charge in [-0.25, -0.2) is 4.79 Å². The Labute approximate surface area is 193 Å². The van der Waals surface area contributed by atoms with Gasteiger partial charge in [0.1, 0.15) is 23.0 Å². The molecular weight excluding hydrogens is 418 g/mol. The second-order valence-corrected chi connectivity index (χ2v) is 9.27. The zero-order valence-corrected chi connectivity index (χ0v) is 18.7. The minimum absolute atomic E-state index is 0.0437. The van der Waals surface area contributed by atoms with Gasteiger partial charge in [-0.05, 0) is 54.5 Å². The largest absolute Gasteiger partial charge is 0.481 e. The van der Waals surface area contributed by atoms with Gasteiger partial charge in [-0.1, -0.05) is 50.3 Å². The van der Waals surface area contributed by atoms with Crippen LogP contribution in [-0.4, -0.2) is 23.1 Å². The lowest BCUT2D eigenvalue weighted by Gasteiger charge is -2.24. The van der Waals surface area contributed by atoms with Crippen LogP contribution in [0.25, 0.3) is 0 Å². The van der Waals surface area contributed by atoms with E-state index in [9.17, 15) is 20.0 Å². The predicted octanol–water partition coefficient (Wildman–Crippen LogP) is 5.46. The van der Waals surface area contributed by atoms with Gasteiger partial charge in [0, 0.05) is 12.0 Å². The molecule has 2 aromatic carbocycles. The van der Waals surface area contributed by atoms with Crippen molar-refractivity contribution in [2.75, 3.05) is 0 Å². The monoisotopic (exact) mass is 445 g/mol. The summed E-state index contributed by atoms with van der Waals surface area (Å²) in [7, 11) is 0. The Morgan fingerprint density at radius 2 is 1.82 bits per heavy atom. The Balaban J connectivity index is 1.60. The van der Waals surface area contributed by atoms with Crippen molar-refractivity contribution in [3.05, 3.63) is 72.3 Å². The summed E-state index contributed by atoms with van der Waals surface area (Å²) in [5.41, 5.74) is -1.54. The number of hydrogen-bond acceptors (Lipinski definition) is 5. The molecule has 2 fully saturated rings. The number of ether oxygens (including phenoxy) is 2. The van der Waals surface area contributed by atoms with Gasteiger partial charge >= 0.3 is 11.9 Å². The minimum Gasteiger partial charge on any atom is -0.481 e. The Morgan fingerprint density at radius 1 is 1.12 bits per heavy atom. The van der Waals surface area contributed by atoms with Gasteiger partial charge < -0.3 is 14.6 Å². The Hall–Kier alpha value is -3.59. The van der Waals surface area contributed by atoms with Crippen molar-refractivity contribution in [2.24, 2.45) is 16.7 Å². The van der Waals surface area contributed by atoms with E-state index in [-0.39, 0.29) is 6.10 Å². The maximum Gasteiger partial charge on any atom is 0.330 e. The van der Waals surface area contributed by atoms with E-state index in [1.165, 1.54) is 6.08 Å². The number of nitrogens with zero attached hydrogens (tertiary/aromatic N) is 1. The number of carbonyl (C=O) groups excluding carboxylic acids is 1. The molecule has 2 saturated carbocycles. The fraction of sp³-hybridized carbons (Fsp3) is 0.370. The summed E-state index contributed by atoms with van der Waals surface area (Å²) in [5.74, 6) is -1.78. The number of esters is 1. The van der Waals surface area contributed by atoms with Crippen LogP contribution in [0.15, 0.2) is 66.7 Å². The van der Waals surface area contributed by atoms with E-state index >= 15 is 0 Å². The Kier molecular flexibility index (Phi) is 5.99. The summed E-state index contributed by atoms with van der Waals surface area (Å²) < 4.78 is 11.2. The van der Waals surface area contributed by atoms with Crippen LogP contribution in [0.5, 0.6) is 11.5 Å². The molecule has 6 nitrogen and oxygen atoms in total. The van der Waals surface area contributed by atoms with Crippen LogP contribution < -0.4 is 4.74 Å². The van der Waals surface area contributed by atoms with E-state index in [1.54, 1.807) is 30.3 Å². The smallest absolute Gasteiger partial charge is 0.330 e. The molecule has 3 atom stereocenters. The summed E-state index contributed by atoms with van der Waals surface area (Å²) in [6.45, 7) is 3.64. The van der Waals surface area contributed by atoms with E-state index in [0.717, 1.165) is 19.3 Å². The van der Waals surface area contributed by atoms with Crippen LogP contribution in [0.2, 0.25) is 0 Å². The number of carboxylic acid groups (broad SMARTS) is 1. The quantitative estimate of drug-likeness (QED) is 0.428. The number of rotatable bonds is 8. The minimum atomic E-state index is -1.37. The van der Waals surface area contributed by atoms with E-state index in [1.807, 2.05) is 44.2 Å². The number of benzene rings is 2. The maximum absolute atomic E-state index is 12.6. The summed E-state index contributed by atoms with van der Waals surface area (Å²) >= 11 is 0. The van der Waals surface area contributed by atoms with Gasteiger partial charge in [0.15, 0.2) is 0 Å². The van der Waals surface area contributed by atoms with Crippen molar-refractivity contribution < 1.29 is 24.2 Å². The van der Waals surface area contributed by atoms with Crippen LogP contribution in [0, 0.1) is 28.1 Å². The lowest BCUT2D eigenvalue weighted by Crippen LogP contribution is -2.29. The number of aliphatic carboxylic acids is 1. The van der Waals surface area contributed by atoms with Crippen molar-refractivity contribution >= 4 is 11.9 Å². The third kappa shape index (κ3) is 4.00. The third-order valence-corrected chi connectivity index (χ3v) is 7.12. The predicted molar refractivity (Wildman–Crippen MR) is 122 cm³/mol. The topological polar surface area (TPSA) is 96.6 Å². The van der Waals surface area contributed by atoms with Crippen molar-refractivity contribution in [1.82, 2.24) is 0 Å². The van der Waals surface area contributed by atoms with Gasteiger partial charge in [-0.3, -0.25) is 4.79 Å². The van der Waals surface area contributed by atoms with Gasteiger partial charge in [-0.15, -0.1) is 0 Å². The van der Waals surface area contributed by atoms with E-state index in [0.29, 0.717) is 17.1 Å². The van der Waals surface area contributed by atoms with Crippen molar-refractivity contribution in [2.45, 2.75) is 45.1 Å². The molecule has 0 unspecified atom stereocenters. The molecule has 1 N–H and O–H groups in total. The van der Waals surface area contributed by atoms with Crippen LogP contribution in [-0.2, 0) is 14.3 Å². The zero-order chi connectivity index (χ0) is 23.6. The summed E-state index contributed by atoms with van der Waals surface area (Å²) in [4.78, 5) is 24.8. The van der Waals surface area contributed by atoms with Crippen LogP contribution in [0.4, 0.5) is 0 Å². The molecule has 2 aliphatic rings. The summed E-state index contributed by atoms with van der Waals surface area (Å²) in [6.07, 6.45) is 5.66. The second kappa shape index (κ2) is 8.74. The molecule has 0 radical (unpaired) electrons. The number of hydrogen-bond donors (Lipinski definition) is 1. The fourth-order valence-corrected chi connectivity index (χ4v) is 5.00. The van der Waals surface area contributed by atoms with E-state index < -0.39 is 34.6 Å². The molecule has 0 amide bonds. The molecule has 2 aromatic rings. The first-order valence-corrected chi connectivity index (χ1v) is 11.2. The summed E-state index contributed by atoms with van der Waals surface area (Å²) in [6, 6.07) is 18.5. The number of allylic oxidation sites excluding steroid dienone is 1. The first kappa shape index (κ1) is 22.6. The number of nitriles is 1. The van der Waals surface area contributed by atoms with Crippen molar-refractivity contribution in [3.8, 4) is 17.6 Å². The molecule has 0 spiro atoms. The van der Waals surface area contributed by atoms with E-state index in [2.05, 4.69) is 6.07 Å². The van der Waals surface area contributed by atoms with Gasteiger partial charge in [0.25, 0.3) is 0 Å². The lowest BCUT2D eigenvalue weighted by molar-refractivity contribution is -0.147. The van der Waals surface area contributed by atoms with Crippen LogP contribution in [0.3, 0.4) is 0 Å². The molecule has 4 rings (SSSR count). The molecule has 2 aliphatic carbocycles. The Bertz CT molecular complexity index is 1110. The molecule has 0 aromatic heterocycles. The fourth-order valence-electron chi connectivity index (χ4n) is 5.00. The molecular formula is C27H27NO5. The molecule has 170 valence electrons. The molecule has 33 heavy (non-hydrogen) atoms. The highest BCUT2D eigenvalue weighted by atomic mass is 16.5. The SMILES string of the molecule is CC1(C)[C@H](/C=C\C(=O)OC2CCC2)[C@@]1(C(=O)O)[C@@H](C#N)c1cccc(Oc2ccccc2)c1. The lowest BCUT2D eigenvalue weighted by atomic mass is 9.78. The van der Waals surface area contributed by atoms with Crippen LogP contribution >= 0.6 is 0 Å². The molecule has 0 heterocycles.